The molecule has 0 aromatic heterocycles. The van der Waals surface area contributed by atoms with Crippen LogP contribution >= 0.6 is 0 Å². The lowest BCUT2D eigenvalue weighted by molar-refractivity contribution is 0.0547. The normalized spacial score (nSPS) is 11.8. The maximum atomic E-state index is 5.71. The van der Waals surface area contributed by atoms with Crippen molar-refractivity contribution in [1.82, 2.24) is 5.32 Å². The molecule has 0 radical (unpaired) electrons. The molecule has 1 N–H and O–H groups in total. The molecule has 0 heterocycles. The molecule has 1 aromatic carbocycles. The first-order valence-electron chi connectivity index (χ1n) is 7.48. The van der Waals surface area contributed by atoms with Crippen molar-refractivity contribution in [3.63, 3.8) is 0 Å². The Morgan fingerprint density at radius 2 is 1.81 bits per heavy atom. The van der Waals surface area contributed by atoms with Gasteiger partial charge in [0.05, 0.1) is 19.8 Å². The van der Waals surface area contributed by atoms with Gasteiger partial charge in [-0.05, 0) is 52.3 Å². The van der Waals surface area contributed by atoms with Gasteiger partial charge in [0.15, 0.2) is 11.5 Å². The second-order valence-electron chi connectivity index (χ2n) is 6.36. The number of rotatable bonds is 8. The van der Waals surface area contributed by atoms with Crippen LogP contribution < -0.4 is 14.8 Å². The second kappa shape index (κ2) is 8.25. The van der Waals surface area contributed by atoms with E-state index in [1.165, 1.54) is 5.56 Å². The van der Waals surface area contributed by atoms with Crippen molar-refractivity contribution in [3.05, 3.63) is 23.8 Å². The molecule has 0 fully saturated rings. The molecule has 0 bridgehead atoms. The highest BCUT2D eigenvalue weighted by molar-refractivity contribution is 5.43. The first kappa shape index (κ1) is 17.8. The van der Waals surface area contributed by atoms with Crippen LogP contribution in [0.25, 0.3) is 0 Å². The molecular weight excluding hydrogens is 266 g/mol. The quantitative estimate of drug-likeness (QED) is 0.746. The van der Waals surface area contributed by atoms with Gasteiger partial charge >= 0.3 is 0 Å². The third-order valence-electron chi connectivity index (χ3n) is 2.84. The third kappa shape index (κ3) is 7.34. The molecule has 0 saturated heterocycles. The summed E-state index contributed by atoms with van der Waals surface area (Å²) in [6, 6.07) is 6.02. The molecule has 1 aromatic rings. The van der Waals surface area contributed by atoms with Crippen LogP contribution in [0.1, 0.15) is 40.2 Å². The highest BCUT2D eigenvalue weighted by Crippen LogP contribution is 2.28. The molecule has 0 amide bonds. The number of ether oxygens (including phenoxy) is 3. The fourth-order valence-electron chi connectivity index (χ4n) is 1.74. The first-order valence-corrected chi connectivity index (χ1v) is 7.48. The Labute approximate surface area is 128 Å². The third-order valence-corrected chi connectivity index (χ3v) is 2.84. The molecule has 1 rings (SSSR count). The molecule has 4 nitrogen and oxygen atoms in total. The summed E-state index contributed by atoms with van der Waals surface area (Å²) in [4.78, 5) is 0. The van der Waals surface area contributed by atoms with E-state index in [0.717, 1.165) is 18.0 Å². The van der Waals surface area contributed by atoms with Crippen LogP contribution in [-0.2, 0) is 11.3 Å². The van der Waals surface area contributed by atoms with E-state index in [9.17, 15) is 0 Å². The molecule has 0 saturated carbocycles. The summed E-state index contributed by atoms with van der Waals surface area (Å²) >= 11 is 0. The molecule has 0 atom stereocenters. The highest BCUT2D eigenvalue weighted by Gasteiger charge is 2.10. The van der Waals surface area contributed by atoms with E-state index in [1.807, 2.05) is 26.0 Å². The lowest BCUT2D eigenvalue weighted by Crippen LogP contribution is -2.35. The summed E-state index contributed by atoms with van der Waals surface area (Å²) < 4.78 is 16.6. The predicted molar refractivity (Wildman–Crippen MR) is 86.2 cm³/mol. The van der Waals surface area contributed by atoms with Gasteiger partial charge in [0, 0.05) is 12.1 Å². The van der Waals surface area contributed by atoms with Crippen LogP contribution in [-0.4, -0.2) is 32.0 Å². The van der Waals surface area contributed by atoms with Crippen molar-refractivity contribution in [2.75, 3.05) is 20.3 Å². The Hall–Kier alpha value is -1.26. The number of benzene rings is 1. The van der Waals surface area contributed by atoms with Crippen LogP contribution in [0.3, 0.4) is 0 Å². The zero-order chi connectivity index (χ0) is 15.9. The first-order chi connectivity index (χ1) is 9.81. The Morgan fingerprint density at radius 1 is 1.10 bits per heavy atom. The van der Waals surface area contributed by atoms with E-state index in [2.05, 4.69) is 32.2 Å². The maximum absolute atomic E-state index is 5.71. The second-order valence-corrected chi connectivity index (χ2v) is 6.36. The topological polar surface area (TPSA) is 39.7 Å². The number of methoxy groups -OCH3 is 1. The van der Waals surface area contributed by atoms with Crippen LogP contribution in [0.15, 0.2) is 18.2 Å². The average Bonchev–Trinajstić information content (AvgIpc) is 2.40. The van der Waals surface area contributed by atoms with Gasteiger partial charge in [-0.15, -0.1) is 0 Å². The fraction of sp³-hybridized carbons (Fsp3) is 0.647. The van der Waals surface area contributed by atoms with Crippen molar-refractivity contribution in [2.45, 2.75) is 52.8 Å². The summed E-state index contributed by atoms with van der Waals surface area (Å²) in [6.07, 6.45) is 0.223. The van der Waals surface area contributed by atoms with E-state index in [4.69, 9.17) is 14.2 Å². The van der Waals surface area contributed by atoms with Crippen LogP contribution in [0.2, 0.25) is 0 Å². The van der Waals surface area contributed by atoms with Gasteiger partial charge in [-0.25, -0.2) is 0 Å². The van der Waals surface area contributed by atoms with Gasteiger partial charge in [0.1, 0.15) is 6.61 Å². The van der Waals surface area contributed by atoms with Gasteiger partial charge in [-0.2, -0.15) is 0 Å². The van der Waals surface area contributed by atoms with Crippen molar-refractivity contribution < 1.29 is 14.2 Å². The number of nitrogens with one attached hydrogen (secondary N) is 1. The SMILES string of the molecule is COc1cc(CNC(C)(C)C)ccc1OCCOC(C)C. The van der Waals surface area contributed by atoms with Crippen LogP contribution in [0, 0.1) is 0 Å². The predicted octanol–water partition coefficient (Wildman–Crippen LogP) is 3.39. The highest BCUT2D eigenvalue weighted by atomic mass is 16.5. The van der Waals surface area contributed by atoms with Crippen molar-refractivity contribution in [2.24, 2.45) is 0 Å². The fourth-order valence-corrected chi connectivity index (χ4v) is 1.74. The molecule has 0 aliphatic carbocycles. The molecule has 120 valence electrons. The molecule has 0 aliphatic rings. The van der Waals surface area contributed by atoms with Gasteiger partial charge in [0.2, 0.25) is 0 Å². The summed E-state index contributed by atoms with van der Waals surface area (Å²) in [5.74, 6) is 1.51. The van der Waals surface area contributed by atoms with Gasteiger partial charge in [-0.1, -0.05) is 6.07 Å². The lowest BCUT2D eigenvalue weighted by Gasteiger charge is -2.21. The van der Waals surface area contributed by atoms with Crippen molar-refractivity contribution in [3.8, 4) is 11.5 Å². The standard InChI is InChI=1S/C17H29NO3/c1-13(2)20-9-10-21-15-8-7-14(11-16(15)19-6)12-18-17(3,4)5/h7-8,11,13,18H,9-10,12H2,1-6H3. The lowest BCUT2D eigenvalue weighted by atomic mass is 10.1. The summed E-state index contributed by atoms with van der Waals surface area (Å²) in [5, 5.41) is 3.46. The minimum atomic E-state index is 0.0938. The largest absolute Gasteiger partial charge is 0.493 e. The van der Waals surface area contributed by atoms with Crippen molar-refractivity contribution in [1.29, 1.82) is 0 Å². The van der Waals surface area contributed by atoms with Crippen LogP contribution in [0.4, 0.5) is 0 Å². The Bertz CT molecular complexity index is 425. The number of hydrogen-bond donors (Lipinski definition) is 1. The van der Waals surface area contributed by atoms with E-state index in [0.29, 0.717) is 13.2 Å². The monoisotopic (exact) mass is 295 g/mol. The molecule has 0 unspecified atom stereocenters. The number of hydrogen-bond acceptors (Lipinski definition) is 4. The van der Waals surface area contributed by atoms with Crippen molar-refractivity contribution >= 4 is 0 Å². The zero-order valence-electron chi connectivity index (χ0n) is 14.2. The molecule has 4 heteroatoms. The minimum Gasteiger partial charge on any atom is -0.493 e. The Kier molecular flexibility index (Phi) is 6.99. The Morgan fingerprint density at radius 3 is 2.38 bits per heavy atom. The Balaban J connectivity index is 2.57. The summed E-state index contributed by atoms with van der Waals surface area (Å²) in [6.45, 7) is 12.4. The summed E-state index contributed by atoms with van der Waals surface area (Å²) in [7, 11) is 1.66. The van der Waals surface area contributed by atoms with Gasteiger partial charge in [-0.3, -0.25) is 0 Å². The average molecular weight is 295 g/mol. The molecule has 0 spiro atoms. The molecule has 21 heavy (non-hydrogen) atoms. The summed E-state index contributed by atoms with van der Waals surface area (Å²) in [5.41, 5.74) is 1.27. The minimum absolute atomic E-state index is 0.0938. The van der Waals surface area contributed by atoms with E-state index < -0.39 is 0 Å². The smallest absolute Gasteiger partial charge is 0.161 e. The maximum Gasteiger partial charge on any atom is 0.161 e. The molecular formula is C17H29NO3. The van der Waals surface area contributed by atoms with E-state index >= 15 is 0 Å². The van der Waals surface area contributed by atoms with E-state index in [-0.39, 0.29) is 11.6 Å². The van der Waals surface area contributed by atoms with Gasteiger partial charge < -0.3 is 19.5 Å². The van der Waals surface area contributed by atoms with Gasteiger partial charge in [0.25, 0.3) is 0 Å². The molecule has 0 aliphatic heterocycles. The van der Waals surface area contributed by atoms with E-state index in [1.54, 1.807) is 7.11 Å². The van der Waals surface area contributed by atoms with Crippen LogP contribution in [0.5, 0.6) is 11.5 Å². The zero-order valence-corrected chi connectivity index (χ0v) is 14.2.